The fourth-order valence-electron chi connectivity index (χ4n) is 2.08. The van der Waals surface area contributed by atoms with Crippen LogP contribution in [0.15, 0.2) is 64.5 Å². The van der Waals surface area contributed by atoms with Gasteiger partial charge in [-0.3, -0.25) is 0 Å². The van der Waals surface area contributed by atoms with Crippen LogP contribution in [0.4, 0.5) is 0 Å². The number of methoxy groups -OCH3 is 1. The Morgan fingerprint density at radius 2 is 1.95 bits per heavy atom. The molecule has 102 valence electrons. The normalized spacial score (nSPS) is 10.3. The van der Waals surface area contributed by atoms with E-state index in [9.17, 15) is 5.26 Å². The van der Waals surface area contributed by atoms with Gasteiger partial charge >= 0.3 is 0 Å². The number of benzene rings is 2. The van der Waals surface area contributed by atoms with Gasteiger partial charge in [-0.25, -0.2) is 4.98 Å². The molecule has 1 aromatic heterocycles. The van der Waals surface area contributed by atoms with Crippen LogP contribution >= 0.6 is 11.8 Å². The van der Waals surface area contributed by atoms with Gasteiger partial charge in [0, 0.05) is 10.3 Å². The van der Waals surface area contributed by atoms with E-state index in [0.29, 0.717) is 5.56 Å². The summed E-state index contributed by atoms with van der Waals surface area (Å²) in [7, 11) is 1.64. The number of rotatable bonds is 3. The Bertz CT molecular complexity index is 840. The monoisotopic (exact) mass is 292 g/mol. The van der Waals surface area contributed by atoms with Crippen LogP contribution < -0.4 is 4.74 Å². The first-order chi connectivity index (χ1) is 10.3. The Morgan fingerprint density at radius 1 is 1.10 bits per heavy atom. The Labute approximate surface area is 127 Å². The lowest BCUT2D eigenvalue weighted by Crippen LogP contribution is -1.88. The summed E-state index contributed by atoms with van der Waals surface area (Å²) in [6.45, 7) is 0. The van der Waals surface area contributed by atoms with E-state index in [1.54, 1.807) is 7.11 Å². The molecule has 0 saturated heterocycles. The minimum atomic E-state index is 0.644. The molecule has 0 aliphatic heterocycles. The Morgan fingerprint density at radius 3 is 2.76 bits per heavy atom. The van der Waals surface area contributed by atoms with Crippen LogP contribution in [0.1, 0.15) is 5.56 Å². The molecule has 0 fully saturated rings. The first-order valence-electron chi connectivity index (χ1n) is 6.42. The minimum absolute atomic E-state index is 0.644. The zero-order valence-corrected chi connectivity index (χ0v) is 12.2. The summed E-state index contributed by atoms with van der Waals surface area (Å²) >= 11 is 1.52. The molecule has 0 saturated carbocycles. The van der Waals surface area contributed by atoms with Crippen molar-refractivity contribution < 1.29 is 4.74 Å². The number of nitriles is 1. The number of hydrogen-bond donors (Lipinski definition) is 0. The summed E-state index contributed by atoms with van der Waals surface area (Å²) < 4.78 is 5.22. The summed E-state index contributed by atoms with van der Waals surface area (Å²) in [5.41, 5.74) is 1.48. The number of hydrogen-bond acceptors (Lipinski definition) is 4. The number of aromatic nitrogens is 1. The maximum Gasteiger partial charge on any atom is 0.119 e. The van der Waals surface area contributed by atoms with Gasteiger partial charge in [-0.15, -0.1) is 0 Å². The lowest BCUT2D eigenvalue weighted by Gasteiger charge is -2.06. The highest BCUT2D eigenvalue weighted by Crippen LogP contribution is 2.31. The molecule has 0 bridgehead atoms. The summed E-state index contributed by atoms with van der Waals surface area (Å²) in [4.78, 5) is 5.63. The van der Waals surface area contributed by atoms with Crippen LogP contribution in [-0.2, 0) is 0 Å². The van der Waals surface area contributed by atoms with E-state index >= 15 is 0 Å². The van der Waals surface area contributed by atoms with Gasteiger partial charge in [0.05, 0.1) is 24.3 Å². The van der Waals surface area contributed by atoms with Gasteiger partial charge in [0.1, 0.15) is 10.8 Å². The van der Waals surface area contributed by atoms with Gasteiger partial charge < -0.3 is 4.74 Å². The topological polar surface area (TPSA) is 45.9 Å². The molecule has 1 heterocycles. The molecule has 4 heteroatoms. The molecule has 0 aliphatic rings. The largest absolute Gasteiger partial charge is 0.497 e. The maximum atomic E-state index is 9.30. The Balaban J connectivity index is 2.02. The van der Waals surface area contributed by atoms with Crippen LogP contribution in [0.5, 0.6) is 5.75 Å². The summed E-state index contributed by atoms with van der Waals surface area (Å²) in [6, 6.07) is 19.5. The van der Waals surface area contributed by atoms with Crippen molar-refractivity contribution in [2.75, 3.05) is 7.11 Å². The van der Waals surface area contributed by atoms with Crippen molar-refractivity contribution in [1.29, 1.82) is 5.26 Å². The lowest BCUT2D eigenvalue weighted by molar-refractivity contribution is 0.413. The number of para-hydroxylation sites is 1. The number of nitrogens with zero attached hydrogens (tertiary/aromatic N) is 2. The highest BCUT2D eigenvalue weighted by Gasteiger charge is 2.07. The highest BCUT2D eigenvalue weighted by molar-refractivity contribution is 7.99. The Kier molecular flexibility index (Phi) is 3.76. The van der Waals surface area contributed by atoms with Crippen molar-refractivity contribution in [2.45, 2.75) is 9.92 Å². The van der Waals surface area contributed by atoms with E-state index in [1.165, 1.54) is 11.8 Å². The van der Waals surface area contributed by atoms with E-state index in [0.717, 1.165) is 26.6 Å². The van der Waals surface area contributed by atoms with Gasteiger partial charge in [-0.1, -0.05) is 36.0 Å². The zero-order valence-electron chi connectivity index (χ0n) is 11.4. The predicted octanol–water partition coefficient (Wildman–Crippen LogP) is 4.27. The maximum absolute atomic E-state index is 9.30. The fraction of sp³-hybridized carbons (Fsp3) is 0.0588. The van der Waals surface area contributed by atoms with E-state index in [1.807, 2.05) is 54.6 Å². The second-order valence-corrected chi connectivity index (χ2v) is 5.51. The highest BCUT2D eigenvalue weighted by atomic mass is 32.2. The average Bonchev–Trinajstić information content (AvgIpc) is 2.54. The molecule has 3 rings (SSSR count). The smallest absolute Gasteiger partial charge is 0.119 e. The SMILES string of the molecule is COc1cccc(Sc2cc(C#N)c3ccccc3n2)c1. The van der Waals surface area contributed by atoms with E-state index < -0.39 is 0 Å². The molecule has 0 unspecified atom stereocenters. The molecule has 0 atom stereocenters. The van der Waals surface area contributed by atoms with Crippen molar-refractivity contribution in [3.05, 3.63) is 60.2 Å². The molecular weight excluding hydrogens is 280 g/mol. The standard InChI is InChI=1S/C17H12N2OS/c1-20-13-5-4-6-14(10-13)21-17-9-12(11-18)15-7-2-3-8-16(15)19-17/h2-10H,1H3. The third-order valence-corrected chi connectivity index (χ3v) is 3.98. The first kappa shape index (κ1) is 13.5. The van der Waals surface area contributed by atoms with Gasteiger partial charge in [0.25, 0.3) is 0 Å². The average molecular weight is 292 g/mol. The third kappa shape index (κ3) is 2.83. The molecule has 0 radical (unpaired) electrons. The van der Waals surface area contributed by atoms with E-state index in [-0.39, 0.29) is 0 Å². The van der Waals surface area contributed by atoms with Crippen LogP contribution in [0.3, 0.4) is 0 Å². The van der Waals surface area contributed by atoms with Crippen LogP contribution in [0.25, 0.3) is 10.9 Å². The Hall–Kier alpha value is -2.51. The molecule has 0 amide bonds. The van der Waals surface area contributed by atoms with Gasteiger partial charge in [0.15, 0.2) is 0 Å². The van der Waals surface area contributed by atoms with Crippen LogP contribution in [0, 0.1) is 11.3 Å². The molecular formula is C17H12N2OS. The molecule has 0 N–H and O–H groups in total. The molecule has 2 aromatic carbocycles. The predicted molar refractivity (Wildman–Crippen MR) is 83.6 cm³/mol. The van der Waals surface area contributed by atoms with Crippen molar-refractivity contribution in [1.82, 2.24) is 4.98 Å². The summed E-state index contributed by atoms with van der Waals surface area (Å²) in [5.74, 6) is 0.807. The zero-order chi connectivity index (χ0) is 14.7. The van der Waals surface area contributed by atoms with Crippen LogP contribution in [0.2, 0.25) is 0 Å². The molecule has 21 heavy (non-hydrogen) atoms. The van der Waals surface area contributed by atoms with Crippen molar-refractivity contribution in [2.24, 2.45) is 0 Å². The van der Waals surface area contributed by atoms with Crippen molar-refractivity contribution in [3.8, 4) is 11.8 Å². The first-order valence-corrected chi connectivity index (χ1v) is 7.23. The van der Waals surface area contributed by atoms with Crippen molar-refractivity contribution in [3.63, 3.8) is 0 Å². The lowest BCUT2D eigenvalue weighted by atomic mass is 10.1. The quantitative estimate of drug-likeness (QED) is 0.723. The van der Waals surface area contributed by atoms with Crippen molar-refractivity contribution >= 4 is 22.7 Å². The molecule has 3 aromatic rings. The summed E-state index contributed by atoms with van der Waals surface area (Å²) in [6.07, 6.45) is 0. The van der Waals surface area contributed by atoms with Crippen LogP contribution in [-0.4, -0.2) is 12.1 Å². The fourth-order valence-corrected chi connectivity index (χ4v) is 2.97. The van der Waals surface area contributed by atoms with E-state index in [4.69, 9.17) is 4.74 Å². The number of ether oxygens (including phenoxy) is 1. The van der Waals surface area contributed by atoms with Gasteiger partial charge in [-0.05, 0) is 30.3 Å². The summed E-state index contributed by atoms with van der Waals surface area (Å²) in [5, 5.41) is 11.0. The number of pyridine rings is 1. The third-order valence-electron chi connectivity index (χ3n) is 3.08. The second kappa shape index (κ2) is 5.86. The minimum Gasteiger partial charge on any atom is -0.497 e. The molecule has 0 aliphatic carbocycles. The molecule has 0 spiro atoms. The number of fused-ring (bicyclic) bond motifs is 1. The van der Waals surface area contributed by atoms with Gasteiger partial charge in [-0.2, -0.15) is 5.26 Å². The van der Waals surface area contributed by atoms with E-state index in [2.05, 4.69) is 11.1 Å². The second-order valence-electron chi connectivity index (χ2n) is 4.42. The van der Waals surface area contributed by atoms with Gasteiger partial charge in [0.2, 0.25) is 0 Å². The molecule has 3 nitrogen and oxygen atoms in total.